The van der Waals surface area contributed by atoms with Crippen LogP contribution >= 0.6 is 11.6 Å². The van der Waals surface area contributed by atoms with Crippen LogP contribution in [0.5, 0.6) is 11.6 Å². The predicted molar refractivity (Wildman–Crippen MR) is 182 cm³/mol. The number of esters is 1. The normalized spacial score (nSPS) is 24.4. The Bertz CT molecular complexity index is 1470. The first kappa shape index (κ1) is 35.7. The second-order valence-electron chi connectivity index (χ2n) is 13.7. The molecule has 12 heteroatoms. The summed E-state index contributed by atoms with van der Waals surface area (Å²) >= 11 is 6.55. The van der Waals surface area contributed by atoms with Gasteiger partial charge in [0.2, 0.25) is 5.91 Å². The molecule has 0 radical (unpaired) electrons. The summed E-state index contributed by atoms with van der Waals surface area (Å²) in [5.74, 6) is -0.175. The molecule has 1 aromatic heterocycles. The van der Waals surface area contributed by atoms with Crippen molar-refractivity contribution in [3.05, 3.63) is 36.0 Å². The number of nitrogens with one attached hydrogen (secondary N) is 1. The highest BCUT2D eigenvalue weighted by molar-refractivity contribution is 6.31. The number of carbonyl (C=O) groups is 3. The lowest BCUT2D eigenvalue weighted by Crippen LogP contribution is -2.55. The highest BCUT2D eigenvalue weighted by Gasteiger charge is 2.52. The molecule has 0 bridgehead atoms. The van der Waals surface area contributed by atoms with E-state index in [4.69, 9.17) is 30.5 Å². The molecule has 5 rings (SSSR count). The number of aromatic nitrogens is 2. The van der Waals surface area contributed by atoms with Gasteiger partial charge < -0.3 is 29.2 Å². The van der Waals surface area contributed by atoms with Crippen LogP contribution in [0.25, 0.3) is 11.0 Å². The molecule has 1 aliphatic heterocycles. The molecule has 1 saturated heterocycles. The Hall–Kier alpha value is -3.60. The Morgan fingerprint density at radius 2 is 1.92 bits per heavy atom. The molecule has 3 fully saturated rings. The lowest BCUT2D eigenvalue weighted by atomic mass is 9.93. The number of unbranched alkanes of at least 4 members (excludes halogenated alkanes) is 1. The molecule has 2 amide bonds. The van der Waals surface area contributed by atoms with Gasteiger partial charge in [-0.15, -0.1) is 6.58 Å². The molecule has 2 heterocycles. The molecule has 1 aromatic carbocycles. The number of likely N-dealkylation sites (tertiary alicyclic amines) is 1. The number of alkyl carbamates (subject to hydrolysis) is 1. The van der Waals surface area contributed by atoms with E-state index in [0.717, 1.165) is 51.4 Å². The number of hydrogen-bond acceptors (Lipinski definition) is 9. The van der Waals surface area contributed by atoms with Crippen molar-refractivity contribution in [2.75, 3.05) is 20.3 Å². The van der Waals surface area contributed by atoms with Crippen molar-refractivity contribution in [1.29, 1.82) is 0 Å². The van der Waals surface area contributed by atoms with E-state index in [1.165, 1.54) is 4.90 Å². The van der Waals surface area contributed by atoms with Gasteiger partial charge in [-0.1, -0.05) is 51.3 Å². The Labute approximate surface area is 288 Å². The van der Waals surface area contributed by atoms with Crippen LogP contribution in [-0.2, 0) is 19.1 Å². The molecule has 0 unspecified atom stereocenters. The van der Waals surface area contributed by atoms with Crippen LogP contribution in [0.2, 0.25) is 5.15 Å². The van der Waals surface area contributed by atoms with Crippen molar-refractivity contribution in [2.45, 2.75) is 103 Å². The average Bonchev–Trinajstić information content (AvgIpc) is 3.42. The monoisotopic (exact) mass is 684 g/mol. The maximum absolute atomic E-state index is 14.5. The van der Waals surface area contributed by atoms with Crippen LogP contribution in [0, 0.1) is 23.7 Å². The SMILES string of the molecule is C=CCCC[C@@H]1C[C@H]1OC(=O)N[C@H](C(=O)N1C[C@H](Oc2nc3cc(OC)ccc3nc2Cl)[C@@H](CC)[C@H]1C(=O)OCC(C)C)C1CCCC1. The Balaban J connectivity index is 1.38. The van der Waals surface area contributed by atoms with Crippen LogP contribution in [0.15, 0.2) is 30.9 Å². The smallest absolute Gasteiger partial charge is 0.408 e. The van der Waals surface area contributed by atoms with Gasteiger partial charge in [-0.05, 0) is 74.8 Å². The van der Waals surface area contributed by atoms with Gasteiger partial charge in [0.25, 0.3) is 5.88 Å². The zero-order chi connectivity index (χ0) is 34.4. The first-order valence-electron chi connectivity index (χ1n) is 17.4. The Kier molecular flexibility index (Phi) is 12.0. The van der Waals surface area contributed by atoms with E-state index in [2.05, 4.69) is 21.9 Å². The fourth-order valence-electron chi connectivity index (χ4n) is 7.03. The third-order valence-electron chi connectivity index (χ3n) is 9.72. The second kappa shape index (κ2) is 16.2. The van der Waals surface area contributed by atoms with E-state index >= 15 is 0 Å². The largest absolute Gasteiger partial charge is 0.497 e. The number of benzene rings is 1. The zero-order valence-corrected chi connectivity index (χ0v) is 29.2. The van der Waals surface area contributed by atoms with Crippen molar-refractivity contribution in [2.24, 2.45) is 23.7 Å². The van der Waals surface area contributed by atoms with Crippen molar-refractivity contribution in [3.8, 4) is 11.6 Å². The predicted octanol–water partition coefficient (Wildman–Crippen LogP) is 6.51. The van der Waals surface area contributed by atoms with Crippen LogP contribution < -0.4 is 14.8 Å². The summed E-state index contributed by atoms with van der Waals surface area (Å²) in [5.41, 5.74) is 1.11. The molecule has 1 N–H and O–H groups in total. The maximum atomic E-state index is 14.5. The van der Waals surface area contributed by atoms with Gasteiger partial charge >= 0.3 is 12.1 Å². The average molecular weight is 685 g/mol. The van der Waals surface area contributed by atoms with E-state index in [1.807, 2.05) is 26.8 Å². The van der Waals surface area contributed by atoms with Gasteiger partial charge in [-0.25, -0.2) is 19.6 Å². The van der Waals surface area contributed by atoms with E-state index in [0.29, 0.717) is 29.1 Å². The summed E-state index contributed by atoms with van der Waals surface area (Å²) in [7, 11) is 1.57. The number of amides is 2. The van der Waals surface area contributed by atoms with Crippen molar-refractivity contribution in [1.82, 2.24) is 20.2 Å². The van der Waals surface area contributed by atoms with E-state index < -0.39 is 36.2 Å². The minimum atomic E-state index is -0.919. The van der Waals surface area contributed by atoms with Crippen LogP contribution in [0.1, 0.15) is 78.6 Å². The molecular formula is C36H49ClN4O7. The summed E-state index contributed by atoms with van der Waals surface area (Å²) in [5, 5.41) is 3.00. The van der Waals surface area contributed by atoms with E-state index in [1.54, 1.807) is 25.3 Å². The number of allylic oxidation sites excluding steroid dienone is 1. The number of methoxy groups -OCH3 is 1. The number of ether oxygens (including phenoxy) is 4. The van der Waals surface area contributed by atoms with E-state index in [9.17, 15) is 14.4 Å². The molecule has 2 aromatic rings. The van der Waals surface area contributed by atoms with Crippen molar-refractivity contribution >= 4 is 40.6 Å². The standard InChI is InChI=1S/C36H49ClN4O7/c1-6-8-9-14-23-17-28(23)48-36(44)40-30(22-12-10-11-13-22)34(42)41-19-29(25(7-2)31(41)35(43)46-20-21(3)4)47-33-32(37)38-26-16-15-24(45-5)18-27(26)39-33/h6,15-16,18,21-23,25,28-31H,1,7-14,17,19-20H2,2-5H3,(H,40,44)/t23-,25-,28-,29+,30+,31+/m1/s1. The summed E-state index contributed by atoms with van der Waals surface area (Å²) in [4.78, 5) is 52.1. The first-order valence-corrected chi connectivity index (χ1v) is 17.7. The van der Waals surface area contributed by atoms with Crippen LogP contribution in [0.4, 0.5) is 4.79 Å². The molecule has 48 heavy (non-hydrogen) atoms. The zero-order valence-electron chi connectivity index (χ0n) is 28.5. The van der Waals surface area contributed by atoms with E-state index in [-0.39, 0.29) is 48.0 Å². The van der Waals surface area contributed by atoms with Gasteiger partial charge in [0.05, 0.1) is 31.3 Å². The second-order valence-corrected chi connectivity index (χ2v) is 14.0. The first-order chi connectivity index (χ1) is 23.1. The lowest BCUT2D eigenvalue weighted by Gasteiger charge is -2.32. The number of hydrogen-bond donors (Lipinski definition) is 1. The maximum Gasteiger partial charge on any atom is 0.408 e. The van der Waals surface area contributed by atoms with Gasteiger partial charge in [0, 0.05) is 12.0 Å². The fourth-order valence-corrected chi connectivity index (χ4v) is 7.21. The number of fused-ring (bicyclic) bond motifs is 1. The minimum Gasteiger partial charge on any atom is -0.497 e. The molecular weight excluding hydrogens is 636 g/mol. The highest BCUT2D eigenvalue weighted by atomic mass is 35.5. The summed E-state index contributed by atoms with van der Waals surface area (Å²) in [6.07, 6.45) is 8.30. The Morgan fingerprint density at radius 1 is 1.15 bits per heavy atom. The summed E-state index contributed by atoms with van der Waals surface area (Å²) in [6, 6.07) is 3.51. The van der Waals surface area contributed by atoms with Crippen LogP contribution in [-0.4, -0.2) is 77.4 Å². The quantitative estimate of drug-likeness (QED) is 0.127. The molecule has 11 nitrogen and oxygen atoms in total. The molecule has 262 valence electrons. The third-order valence-corrected chi connectivity index (χ3v) is 9.97. The molecule has 2 aliphatic carbocycles. The number of halogens is 1. The van der Waals surface area contributed by atoms with Gasteiger partial charge in [-0.2, -0.15) is 0 Å². The number of carbonyl (C=O) groups excluding carboxylic acids is 3. The molecule has 2 saturated carbocycles. The molecule has 6 atom stereocenters. The minimum absolute atomic E-state index is 0.0716. The molecule has 0 spiro atoms. The fraction of sp³-hybridized carbons (Fsp3) is 0.639. The van der Waals surface area contributed by atoms with Gasteiger partial charge in [-0.3, -0.25) is 4.79 Å². The number of rotatable bonds is 15. The molecule has 3 aliphatic rings. The summed E-state index contributed by atoms with van der Waals surface area (Å²) < 4.78 is 23.2. The van der Waals surface area contributed by atoms with Crippen molar-refractivity contribution in [3.63, 3.8) is 0 Å². The van der Waals surface area contributed by atoms with Gasteiger partial charge in [0.15, 0.2) is 5.15 Å². The lowest BCUT2D eigenvalue weighted by molar-refractivity contribution is -0.156. The Morgan fingerprint density at radius 3 is 2.60 bits per heavy atom. The van der Waals surface area contributed by atoms with Crippen molar-refractivity contribution < 1.29 is 33.3 Å². The number of nitrogens with zero attached hydrogens (tertiary/aromatic N) is 3. The van der Waals surface area contributed by atoms with Gasteiger partial charge in [0.1, 0.15) is 30.0 Å². The third kappa shape index (κ3) is 8.51. The topological polar surface area (TPSA) is 129 Å². The van der Waals surface area contributed by atoms with Crippen LogP contribution in [0.3, 0.4) is 0 Å². The summed E-state index contributed by atoms with van der Waals surface area (Å²) in [6.45, 7) is 9.93. The highest BCUT2D eigenvalue weighted by Crippen LogP contribution is 2.39.